The van der Waals surface area contributed by atoms with Gasteiger partial charge in [-0.3, -0.25) is 4.79 Å². The Balaban J connectivity index is 1.41. The van der Waals surface area contributed by atoms with Crippen molar-refractivity contribution in [3.05, 3.63) is 106 Å². The van der Waals surface area contributed by atoms with Crippen LogP contribution in [0.5, 0.6) is 0 Å². The molecule has 0 aliphatic heterocycles. The second-order valence-electron chi connectivity index (χ2n) is 8.39. The first-order valence-electron chi connectivity index (χ1n) is 11.9. The van der Waals surface area contributed by atoms with Gasteiger partial charge in [-0.1, -0.05) is 66.7 Å². The number of anilines is 2. The highest BCUT2D eigenvalue weighted by Gasteiger charge is 2.20. The van der Waals surface area contributed by atoms with E-state index in [0.717, 1.165) is 30.6 Å². The number of nitrogens with zero attached hydrogens (tertiary/aromatic N) is 2. The maximum absolute atomic E-state index is 13.2. The molecule has 6 nitrogen and oxygen atoms in total. The van der Waals surface area contributed by atoms with E-state index in [2.05, 4.69) is 55.6 Å². The topological polar surface area (TPSA) is 78.9 Å². The smallest absolute Gasteiger partial charge is 0.242 e. The quantitative estimate of drug-likeness (QED) is 0.266. The predicted molar refractivity (Wildman–Crippen MR) is 144 cm³/mol. The van der Waals surface area contributed by atoms with Crippen molar-refractivity contribution in [2.45, 2.75) is 32.2 Å². The van der Waals surface area contributed by atoms with Gasteiger partial charge in [0.2, 0.25) is 11.9 Å². The number of hydrogen-bond donors (Lipinski definition) is 3. The second-order valence-corrected chi connectivity index (χ2v) is 9.42. The summed E-state index contributed by atoms with van der Waals surface area (Å²) in [6.45, 7) is 3.26. The third-order valence-electron chi connectivity index (χ3n) is 5.57. The lowest BCUT2D eigenvalue weighted by atomic mass is 10.0. The average molecular weight is 486 g/mol. The Bertz CT molecular complexity index is 1180. The van der Waals surface area contributed by atoms with Gasteiger partial charge in [0.25, 0.3) is 0 Å². The van der Waals surface area contributed by atoms with Crippen molar-refractivity contribution in [1.82, 2.24) is 15.3 Å². The maximum atomic E-state index is 13.2. The van der Waals surface area contributed by atoms with Crippen LogP contribution < -0.4 is 16.0 Å². The fourth-order valence-corrected chi connectivity index (χ4v) is 4.52. The molecular weight excluding hydrogens is 454 g/mol. The molecule has 2 heterocycles. The van der Waals surface area contributed by atoms with Crippen molar-refractivity contribution in [2.24, 2.45) is 0 Å². The average Bonchev–Trinajstić information content (AvgIpc) is 3.38. The SMILES string of the molecule is Cc1cc(N[C@@H](Cc2ccccc2)C(=O)NCCc2ccccc2)nc(NCCc2cccs2)n1. The standard InChI is InChI=1S/C28H31N5OS/c1-21-19-26(33-28(31-21)30-17-15-24-13-8-18-35-24)32-25(20-23-11-6-3-7-12-23)27(34)29-16-14-22-9-4-2-5-10-22/h2-13,18-19,25H,14-17,20H2,1H3,(H,29,34)(H2,30,31,32,33)/t25-/m0/s1. The van der Waals surface area contributed by atoms with E-state index < -0.39 is 6.04 Å². The largest absolute Gasteiger partial charge is 0.358 e. The number of aromatic nitrogens is 2. The van der Waals surface area contributed by atoms with Crippen LogP contribution in [0.3, 0.4) is 0 Å². The van der Waals surface area contributed by atoms with Gasteiger partial charge in [-0.25, -0.2) is 4.98 Å². The van der Waals surface area contributed by atoms with Crippen LogP contribution in [0.15, 0.2) is 84.2 Å². The lowest BCUT2D eigenvalue weighted by Crippen LogP contribution is -2.42. The Labute approximate surface area is 210 Å². The number of benzene rings is 2. The minimum Gasteiger partial charge on any atom is -0.358 e. The van der Waals surface area contributed by atoms with Gasteiger partial charge in [-0.05, 0) is 42.3 Å². The molecule has 0 saturated carbocycles. The lowest BCUT2D eigenvalue weighted by molar-refractivity contribution is -0.121. The van der Waals surface area contributed by atoms with Gasteiger partial charge in [0.1, 0.15) is 11.9 Å². The number of thiophene rings is 1. The van der Waals surface area contributed by atoms with E-state index in [9.17, 15) is 4.79 Å². The molecule has 0 spiro atoms. The van der Waals surface area contributed by atoms with Gasteiger partial charge in [-0.2, -0.15) is 4.98 Å². The number of rotatable bonds is 12. The van der Waals surface area contributed by atoms with Crippen LogP contribution in [-0.4, -0.2) is 35.0 Å². The number of amides is 1. The summed E-state index contributed by atoms with van der Waals surface area (Å²) < 4.78 is 0. The normalized spacial score (nSPS) is 11.6. The molecule has 0 radical (unpaired) electrons. The molecule has 7 heteroatoms. The van der Waals surface area contributed by atoms with Crippen LogP contribution in [-0.2, 0) is 24.1 Å². The molecule has 0 fully saturated rings. The third kappa shape index (κ3) is 7.93. The Morgan fingerprint density at radius 2 is 1.63 bits per heavy atom. The molecular formula is C28H31N5OS. The molecule has 2 aromatic carbocycles. The third-order valence-corrected chi connectivity index (χ3v) is 6.50. The summed E-state index contributed by atoms with van der Waals surface area (Å²) in [6.07, 6.45) is 2.26. The van der Waals surface area contributed by atoms with E-state index in [0.29, 0.717) is 24.7 Å². The molecule has 0 saturated heterocycles. The van der Waals surface area contributed by atoms with Crippen LogP contribution in [0.1, 0.15) is 21.7 Å². The molecule has 4 aromatic rings. The molecule has 4 rings (SSSR count). The number of nitrogens with one attached hydrogen (secondary N) is 3. The van der Waals surface area contributed by atoms with Gasteiger partial charge in [-0.15, -0.1) is 11.3 Å². The zero-order valence-corrected chi connectivity index (χ0v) is 20.7. The minimum absolute atomic E-state index is 0.0479. The first-order valence-corrected chi connectivity index (χ1v) is 12.8. The summed E-state index contributed by atoms with van der Waals surface area (Å²) in [5.74, 6) is 1.15. The van der Waals surface area contributed by atoms with Crippen molar-refractivity contribution < 1.29 is 4.79 Å². The summed E-state index contributed by atoms with van der Waals surface area (Å²) in [5, 5.41) is 11.8. The molecule has 0 aliphatic carbocycles. The highest BCUT2D eigenvalue weighted by molar-refractivity contribution is 7.09. The van der Waals surface area contributed by atoms with Crippen LogP contribution >= 0.6 is 11.3 Å². The van der Waals surface area contributed by atoms with E-state index in [1.807, 2.05) is 61.5 Å². The Hall–Kier alpha value is -3.71. The van der Waals surface area contributed by atoms with Crippen molar-refractivity contribution in [3.63, 3.8) is 0 Å². The van der Waals surface area contributed by atoms with E-state index in [4.69, 9.17) is 0 Å². The number of carbonyl (C=O) groups excluding carboxylic acids is 1. The van der Waals surface area contributed by atoms with Crippen molar-refractivity contribution in [1.29, 1.82) is 0 Å². The molecule has 0 unspecified atom stereocenters. The molecule has 2 aromatic heterocycles. The fourth-order valence-electron chi connectivity index (χ4n) is 3.81. The Kier molecular flexibility index (Phi) is 8.84. The van der Waals surface area contributed by atoms with Crippen molar-refractivity contribution in [2.75, 3.05) is 23.7 Å². The second kappa shape index (κ2) is 12.7. The summed E-state index contributed by atoms with van der Waals surface area (Å²) in [7, 11) is 0. The number of carbonyl (C=O) groups is 1. The van der Waals surface area contributed by atoms with Crippen LogP contribution in [0.4, 0.5) is 11.8 Å². The number of hydrogen-bond acceptors (Lipinski definition) is 6. The maximum Gasteiger partial charge on any atom is 0.242 e. The molecule has 35 heavy (non-hydrogen) atoms. The molecule has 0 aliphatic rings. The predicted octanol–water partition coefficient (Wildman–Crippen LogP) is 4.88. The Morgan fingerprint density at radius 1 is 0.886 bits per heavy atom. The van der Waals surface area contributed by atoms with E-state index in [1.54, 1.807) is 11.3 Å². The summed E-state index contributed by atoms with van der Waals surface area (Å²) in [5.41, 5.74) is 3.12. The molecule has 0 bridgehead atoms. The minimum atomic E-state index is -0.457. The van der Waals surface area contributed by atoms with Crippen LogP contribution in [0.2, 0.25) is 0 Å². The first kappa shape index (κ1) is 24.4. The summed E-state index contributed by atoms with van der Waals surface area (Å²) >= 11 is 1.74. The summed E-state index contributed by atoms with van der Waals surface area (Å²) in [4.78, 5) is 23.6. The van der Waals surface area contributed by atoms with Gasteiger partial charge in [0, 0.05) is 36.1 Å². The summed E-state index contributed by atoms with van der Waals surface area (Å²) in [6, 6.07) is 25.8. The lowest BCUT2D eigenvalue weighted by Gasteiger charge is -2.20. The van der Waals surface area contributed by atoms with Gasteiger partial charge in [0.05, 0.1) is 0 Å². The Morgan fingerprint density at radius 3 is 2.34 bits per heavy atom. The van der Waals surface area contributed by atoms with Gasteiger partial charge < -0.3 is 16.0 Å². The zero-order valence-electron chi connectivity index (χ0n) is 19.9. The molecule has 3 N–H and O–H groups in total. The van der Waals surface area contributed by atoms with E-state index in [1.165, 1.54) is 10.4 Å². The highest BCUT2D eigenvalue weighted by atomic mass is 32.1. The fraction of sp³-hybridized carbons (Fsp3) is 0.250. The molecule has 180 valence electrons. The van der Waals surface area contributed by atoms with Crippen molar-refractivity contribution in [3.8, 4) is 0 Å². The number of aryl methyl sites for hydroxylation is 1. The van der Waals surface area contributed by atoms with Crippen molar-refractivity contribution >= 4 is 29.0 Å². The molecule has 1 amide bonds. The monoisotopic (exact) mass is 485 g/mol. The first-order chi connectivity index (χ1) is 17.2. The highest BCUT2D eigenvalue weighted by Crippen LogP contribution is 2.15. The van der Waals surface area contributed by atoms with Crippen LogP contribution in [0.25, 0.3) is 0 Å². The van der Waals surface area contributed by atoms with E-state index >= 15 is 0 Å². The van der Waals surface area contributed by atoms with Crippen LogP contribution in [0, 0.1) is 6.92 Å². The van der Waals surface area contributed by atoms with Gasteiger partial charge in [0.15, 0.2) is 0 Å². The van der Waals surface area contributed by atoms with E-state index in [-0.39, 0.29) is 5.91 Å². The molecule has 1 atom stereocenters. The van der Waals surface area contributed by atoms with Gasteiger partial charge >= 0.3 is 0 Å². The zero-order chi connectivity index (χ0) is 24.3.